The summed E-state index contributed by atoms with van der Waals surface area (Å²) in [6, 6.07) is 11.1. The van der Waals surface area contributed by atoms with Crippen LogP contribution in [0, 0.1) is 0 Å². The molecule has 0 N–H and O–H groups in total. The minimum absolute atomic E-state index is 0.00916. The van der Waals surface area contributed by atoms with E-state index in [1.54, 1.807) is 24.4 Å². The van der Waals surface area contributed by atoms with Gasteiger partial charge in [0, 0.05) is 23.4 Å². The lowest BCUT2D eigenvalue weighted by Gasteiger charge is -2.07. The lowest BCUT2D eigenvalue weighted by Crippen LogP contribution is -2.28. The normalized spacial score (nSPS) is 12.6. The molecule has 2 heterocycles. The number of aromatic nitrogens is 3. The fraction of sp³-hybridized carbons (Fsp3) is 0.222. The van der Waals surface area contributed by atoms with Gasteiger partial charge in [-0.1, -0.05) is 23.4 Å². The monoisotopic (exact) mass is 376 g/mol. The van der Waals surface area contributed by atoms with Crippen molar-refractivity contribution in [2.45, 2.75) is 26.1 Å². The van der Waals surface area contributed by atoms with Crippen molar-refractivity contribution in [1.82, 2.24) is 14.7 Å². The molecule has 140 valence electrons. The molecule has 1 aromatic carbocycles. The summed E-state index contributed by atoms with van der Waals surface area (Å²) in [6.07, 6.45) is -3.10. The van der Waals surface area contributed by atoms with Gasteiger partial charge in [-0.3, -0.25) is 14.4 Å². The van der Waals surface area contributed by atoms with E-state index in [4.69, 9.17) is 0 Å². The van der Waals surface area contributed by atoms with Gasteiger partial charge in [-0.2, -0.15) is 18.2 Å². The summed E-state index contributed by atoms with van der Waals surface area (Å²) < 4.78 is 43.3. The molecule has 0 aliphatic rings. The average Bonchev–Trinajstić information content (AvgIpc) is 3.12. The van der Waals surface area contributed by atoms with E-state index in [-0.39, 0.29) is 17.8 Å². The molecule has 0 spiro atoms. The van der Waals surface area contributed by atoms with Crippen LogP contribution < -0.4 is 5.49 Å². The van der Waals surface area contributed by atoms with Gasteiger partial charge in [-0.05, 0) is 38.1 Å². The molecule has 0 saturated carbocycles. The summed E-state index contributed by atoms with van der Waals surface area (Å²) >= 11 is 0. The Hall–Kier alpha value is -3.23. The Kier molecular flexibility index (Phi) is 4.93. The number of pyridine rings is 1. The Morgan fingerprint density at radius 3 is 2.44 bits per heavy atom. The molecule has 6 nitrogen and oxygen atoms in total. The van der Waals surface area contributed by atoms with Gasteiger partial charge in [0.05, 0.1) is 0 Å². The maximum atomic E-state index is 12.7. The highest BCUT2D eigenvalue weighted by molar-refractivity contribution is 5.96. The van der Waals surface area contributed by atoms with Crippen molar-refractivity contribution in [1.29, 1.82) is 0 Å². The van der Waals surface area contributed by atoms with Crippen molar-refractivity contribution >= 4 is 5.91 Å². The van der Waals surface area contributed by atoms with Crippen molar-refractivity contribution in [3.8, 4) is 11.4 Å². The molecule has 0 aliphatic heterocycles. The lowest BCUT2D eigenvalue weighted by molar-refractivity contribution is -0.159. The van der Waals surface area contributed by atoms with E-state index in [0.29, 0.717) is 16.6 Å². The van der Waals surface area contributed by atoms with Crippen LogP contribution in [0.2, 0.25) is 0 Å². The Balaban J connectivity index is 1.90. The van der Waals surface area contributed by atoms with Crippen molar-refractivity contribution < 1.29 is 22.5 Å². The Labute approximate surface area is 152 Å². The SMILES string of the molecule is CC(C)N=c1ccccn1C(=O)c1ccc(-c2noc(C(F)(F)F)n2)cc1. The molecule has 0 radical (unpaired) electrons. The molecule has 0 atom stereocenters. The van der Waals surface area contributed by atoms with Gasteiger partial charge in [0.1, 0.15) is 5.49 Å². The molecule has 0 saturated heterocycles. The van der Waals surface area contributed by atoms with E-state index in [9.17, 15) is 18.0 Å². The standard InChI is InChI=1S/C18H15F3N4O2/c1-11(2)22-14-5-3-4-10-25(14)16(26)13-8-6-12(7-9-13)15-23-17(27-24-15)18(19,20)21/h3-11H,1-2H3. The Morgan fingerprint density at radius 1 is 1.15 bits per heavy atom. The predicted molar refractivity (Wildman–Crippen MR) is 89.6 cm³/mol. The van der Waals surface area contributed by atoms with Gasteiger partial charge in [0.2, 0.25) is 5.82 Å². The van der Waals surface area contributed by atoms with Crippen LogP contribution in [0.25, 0.3) is 11.4 Å². The molecule has 0 fully saturated rings. The largest absolute Gasteiger partial charge is 0.471 e. The van der Waals surface area contributed by atoms with E-state index in [1.807, 2.05) is 13.8 Å². The number of benzene rings is 1. The first kappa shape index (κ1) is 18.6. The lowest BCUT2D eigenvalue weighted by atomic mass is 10.1. The summed E-state index contributed by atoms with van der Waals surface area (Å²) in [6.45, 7) is 3.80. The van der Waals surface area contributed by atoms with Gasteiger partial charge in [0.15, 0.2) is 0 Å². The third-order valence-electron chi connectivity index (χ3n) is 3.51. The zero-order valence-electron chi connectivity index (χ0n) is 14.4. The van der Waals surface area contributed by atoms with Gasteiger partial charge >= 0.3 is 12.1 Å². The first-order valence-electron chi connectivity index (χ1n) is 8.03. The molecular weight excluding hydrogens is 361 g/mol. The summed E-state index contributed by atoms with van der Waals surface area (Å²) in [5, 5.41) is 3.32. The topological polar surface area (TPSA) is 73.3 Å². The van der Waals surface area contributed by atoms with Gasteiger partial charge in [-0.25, -0.2) is 0 Å². The quantitative estimate of drug-likeness (QED) is 0.701. The molecule has 2 aromatic heterocycles. The van der Waals surface area contributed by atoms with Crippen LogP contribution >= 0.6 is 0 Å². The Morgan fingerprint density at radius 2 is 1.85 bits per heavy atom. The van der Waals surface area contributed by atoms with E-state index < -0.39 is 12.1 Å². The number of carbonyl (C=O) groups is 1. The molecular formula is C18H15F3N4O2. The van der Waals surface area contributed by atoms with Gasteiger partial charge < -0.3 is 4.52 Å². The fourth-order valence-electron chi connectivity index (χ4n) is 2.33. The molecule has 0 bridgehead atoms. The second-order valence-corrected chi connectivity index (χ2v) is 5.96. The van der Waals surface area contributed by atoms with Gasteiger partial charge in [0.25, 0.3) is 5.91 Å². The van der Waals surface area contributed by atoms with Crippen molar-refractivity contribution in [2.24, 2.45) is 4.99 Å². The average molecular weight is 376 g/mol. The van der Waals surface area contributed by atoms with E-state index >= 15 is 0 Å². The number of hydrogen-bond donors (Lipinski definition) is 0. The molecule has 0 aliphatic carbocycles. The summed E-state index contributed by atoms with van der Waals surface area (Å²) in [5.41, 5.74) is 1.15. The van der Waals surface area contributed by atoms with Gasteiger partial charge in [-0.15, -0.1) is 0 Å². The molecule has 9 heteroatoms. The minimum Gasteiger partial charge on any atom is -0.329 e. The number of nitrogens with zero attached hydrogens (tertiary/aromatic N) is 4. The molecule has 27 heavy (non-hydrogen) atoms. The summed E-state index contributed by atoms with van der Waals surface area (Å²) in [5.74, 6) is -1.94. The van der Waals surface area contributed by atoms with Crippen LogP contribution in [-0.2, 0) is 6.18 Å². The molecule has 0 unspecified atom stereocenters. The first-order chi connectivity index (χ1) is 12.8. The van der Waals surface area contributed by atoms with Crippen molar-refractivity contribution in [3.05, 3.63) is 65.6 Å². The fourth-order valence-corrected chi connectivity index (χ4v) is 2.33. The van der Waals surface area contributed by atoms with Crippen LogP contribution in [0.3, 0.4) is 0 Å². The second kappa shape index (κ2) is 7.18. The zero-order valence-corrected chi connectivity index (χ0v) is 14.4. The number of carbonyl (C=O) groups excluding carboxylic acids is 1. The number of hydrogen-bond acceptors (Lipinski definition) is 5. The van der Waals surface area contributed by atoms with Crippen LogP contribution in [0.5, 0.6) is 0 Å². The van der Waals surface area contributed by atoms with Crippen LogP contribution in [0.15, 0.2) is 58.2 Å². The Bertz CT molecular complexity index is 1020. The highest BCUT2D eigenvalue weighted by Gasteiger charge is 2.38. The summed E-state index contributed by atoms with van der Waals surface area (Å²) in [4.78, 5) is 20.5. The maximum Gasteiger partial charge on any atom is 0.471 e. The second-order valence-electron chi connectivity index (χ2n) is 5.96. The smallest absolute Gasteiger partial charge is 0.329 e. The zero-order chi connectivity index (χ0) is 19.6. The predicted octanol–water partition coefficient (Wildman–Crippen LogP) is 3.55. The van der Waals surface area contributed by atoms with Crippen molar-refractivity contribution in [2.75, 3.05) is 0 Å². The molecule has 0 amide bonds. The van der Waals surface area contributed by atoms with E-state index in [1.165, 1.54) is 28.8 Å². The summed E-state index contributed by atoms with van der Waals surface area (Å²) in [7, 11) is 0. The van der Waals surface area contributed by atoms with E-state index in [2.05, 4.69) is 19.7 Å². The third kappa shape index (κ3) is 4.13. The molecule has 3 rings (SSSR count). The van der Waals surface area contributed by atoms with E-state index in [0.717, 1.165) is 0 Å². The third-order valence-corrected chi connectivity index (χ3v) is 3.51. The highest BCUT2D eigenvalue weighted by Crippen LogP contribution is 2.29. The highest BCUT2D eigenvalue weighted by atomic mass is 19.4. The molecule has 3 aromatic rings. The number of rotatable bonds is 3. The minimum atomic E-state index is -4.71. The number of halogens is 3. The van der Waals surface area contributed by atoms with Crippen molar-refractivity contribution in [3.63, 3.8) is 0 Å². The van der Waals surface area contributed by atoms with Crippen LogP contribution in [0.1, 0.15) is 30.1 Å². The number of alkyl halides is 3. The first-order valence-corrected chi connectivity index (χ1v) is 8.03. The van der Waals surface area contributed by atoms with Crippen LogP contribution in [0.4, 0.5) is 13.2 Å². The van der Waals surface area contributed by atoms with Crippen LogP contribution in [-0.4, -0.2) is 26.7 Å². The maximum absolute atomic E-state index is 12.7.